The van der Waals surface area contributed by atoms with Gasteiger partial charge in [0.2, 0.25) is 5.91 Å². The van der Waals surface area contributed by atoms with Gasteiger partial charge in [-0.3, -0.25) is 4.79 Å². The van der Waals surface area contributed by atoms with Gasteiger partial charge in [-0.1, -0.05) is 19.3 Å². The summed E-state index contributed by atoms with van der Waals surface area (Å²) in [4.78, 5) is 11.4. The summed E-state index contributed by atoms with van der Waals surface area (Å²) in [6.07, 6.45) is 7.31. The normalized spacial score (nSPS) is 18.9. The Morgan fingerprint density at radius 3 is 2.71 bits per heavy atom. The van der Waals surface area contributed by atoms with Gasteiger partial charge in [0.05, 0.1) is 6.10 Å². The molecular formula is C13H25NO3. The van der Waals surface area contributed by atoms with Gasteiger partial charge in [0, 0.05) is 20.3 Å². The predicted molar refractivity (Wildman–Crippen MR) is 66.9 cm³/mol. The molecule has 0 saturated heterocycles. The van der Waals surface area contributed by atoms with E-state index in [1.807, 2.05) is 0 Å². The Morgan fingerprint density at radius 2 is 2.06 bits per heavy atom. The van der Waals surface area contributed by atoms with E-state index in [4.69, 9.17) is 9.47 Å². The zero-order valence-electron chi connectivity index (χ0n) is 11.0. The van der Waals surface area contributed by atoms with Crippen LogP contribution in [0.25, 0.3) is 0 Å². The summed E-state index contributed by atoms with van der Waals surface area (Å²) in [7, 11) is 1.54. The second kappa shape index (κ2) is 8.48. The molecule has 1 amide bonds. The zero-order valence-corrected chi connectivity index (χ0v) is 11.0. The van der Waals surface area contributed by atoms with Gasteiger partial charge < -0.3 is 14.8 Å². The van der Waals surface area contributed by atoms with E-state index in [-0.39, 0.29) is 12.0 Å². The molecule has 1 unspecified atom stereocenters. The molecule has 0 aromatic rings. The van der Waals surface area contributed by atoms with Crippen LogP contribution in [0.15, 0.2) is 0 Å². The summed E-state index contributed by atoms with van der Waals surface area (Å²) in [5.74, 6) is -0.0508. The standard InChI is InChI=1S/C13H25NO3/c1-11(16-2)13(15)14-9-6-10-17-12-7-4-3-5-8-12/h11-12H,3-10H2,1-2H3,(H,14,15). The number of carbonyl (C=O) groups is 1. The fourth-order valence-corrected chi connectivity index (χ4v) is 2.02. The van der Waals surface area contributed by atoms with E-state index < -0.39 is 0 Å². The van der Waals surface area contributed by atoms with Gasteiger partial charge in [0.15, 0.2) is 0 Å². The van der Waals surface area contributed by atoms with Crippen molar-refractivity contribution in [2.75, 3.05) is 20.3 Å². The van der Waals surface area contributed by atoms with Gasteiger partial charge in [0.25, 0.3) is 0 Å². The Hall–Kier alpha value is -0.610. The quantitative estimate of drug-likeness (QED) is 0.694. The van der Waals surface area contributed by atoms with Crippen molar-refractivity contribution in [2.24, 2.45) is 0 Å². The smallest absolute Gasteiger partial charge is 0.248 e. The van der Waals surface area contributed by atoms with Crippen LogP contribution in [-0.2, 0) is 14.3 Å². The lowest BCUT2D eigenvalue weighted by atomic mass is 9.98. The fourth-order valence-electron chi connectivity index (χ4n) is 2.02. The molecule has 4 nitrogen and oxygen atoms in total. The second-order valence-electron chi connectivity index (χ2n) is 4.65. The van der Waals surface area contributed by atoms with Gasteiger partial charge in [-0.15, -0.1) is 0 Å². The van der Waals surface area contributed by atoms with Crippen molar-refractivity contribution >= 4 is 5.91 Å². The Labute approximate surface area is 104 Å². The number of rotatable bonds is 7. The number of nitrogens with one attached hydrogen (secondary N) is 1. The second-order valence-corrected chi connectivity index (χ2v) is 4.65. The van der Waals surface area contributed by atoms with Crippen molar-refractivity contribution in [2.45, 2.75) is 57.7 Å². The maximum Gasteiger partial charge on any atom is 0.248 e. The molecule has 1 fully saturated rings. The van der Waals surface area contributed by atoms with Crippen LogP contribution in [0.1, 0.15) is 45.4 Å². The molecule has 0 spiro atoms. The van der Waals surface area contributed by atoms with Gasteiger partial charge in [-0.25, -0.2) is 0 Å². The Morgan fingerprint density at radius 1 is 1.35 bits per heavy atom. The molecular weight excluding hydrogens is 218 g/mol. The first-order valence-electron chi connectivity index (χ1n) is 6.66. The number of carbonyl (C=O) groups excluding carboxylic acids is 1. The molecule has 0 radical (unpaired) electrons. The van der Waals surface area contributed by atoms with Gasteiger partial charge >= 0.3 is 0 Å². The van der Waals surface area contributed by atoms with Crippen molar-refractivity contribution < 1.29 is 14.3 Å². The number of methoxy groups -OCH3 is 1. The highest BCUT2D eigenvalue weighted by Crippen LogP contribution is 2.20. The van der Waals surface area contributed by atoms with Crippen LogP contribution < -0.4 is 5.32 Å². The summed E-state index contributed by atoms with van der Waals surface area (Å²) in [6, 6.07) is 0. The van der Waals surface area contributed by atoms with Gasteiger partial charge in [-0.2, -0.15) is 0 Å². The van der Waals surface area contributed by atoms with Gasteiger partial charge in [-0.05, 0) is 26.2 Å². The topological polar surface area (TPSA) is 47.6 Å². The Kier molecular flexibility index (Phi) is 7.21. The molecule has 1 saturated carbocycles. The number of hydrogen-bond donors (Lipinski definition) is 1. The zero-order chi connectivity index (χ0) is 12.5. The lowest BCUT2D eigenvalue weighted by Crippen LogP contribution is -2.34. The van der Waals surface area contributed by atoms with E-state index in [0.29, 0.717) is 12.6 Å². The molecule has 0 aromatic heterocycles. The van der Waals surface area contributed by atoms with E-state index in [1.54, 1.807) is 6.92 Å². The molecule has 1 N–H and O–H groups in total. The summed E-state index contributed by atoms with van der Waals surface area (Å²) < 4.78 is 10.7. The fraction of sp³-hybridized carbons (Fsp3) is 0.923. The maximum absolute atomic E-state index is 11.4. The maximum atomic E-state index is 11.4. The summed E-state index contributed by atoms with van der Waals surface area (Å²) in [5, 5.41) is 2.83. The molecule has 1 rings (SSSR count). The van der Waals surface area contributed by atoms with E-state index in [9.17, 15) is 4.79 Å². The van der Waals surface area contributed by atoms with Crippen LogP contribution in [0.4, 0.5) is 0 Å². The molecule has 1 aliphatic carbocycles. The summed E-state index contributed by atoms with van der Waals surface area (Å²) in [6.45, 7) is 3.15. The minimum absolute atomic E-state index is 0.0508. The average Bonchev–Trinajstić information content (AvgIpc) is 2.38. The van der Waals surface area contributed by atoms with Gasteiger partial charge in [0.1, 0.15) is 6.10 Å². The minimum atomic E-state index is -0.366. The third-order valence-corrected chi connectivity index (χ3v) is 3.25. The molecule has 0 aromatic carbocycles. The summed E-state index contributed by atoms with van der Waals surface area (Å²) >= 11 is 0. The highest BCUT2D eigenvalue weighted by Gasteiger charge is 2.13. The highest BCUT2D eigenvalue weighted by atomic mass is 16.5. The first-order chi connectivity index (χ1) is 8.24. The Bertz CT molecular complexity index is 215. The molecule has 4 heteroatoms. The first-order valence-corrected chi connectivity index (χ1v) is 6.66. The van der Waals surface area contributed by atoms with Crippen LogP contribution >= 0.6 is 0 Å². The SMILES string of the molecule is COC(C)C(=O)NCCCOC1CCCCC1. The van der Waals surface area contributed by atoms with Crippen LogP contribution in [0.2, 0.25) is 0 Å². The van der Waals surface area contributed by atoms with Crippen molar-refractivity contribution in [3.8, 4) is 0 Å². The van der Waals surface area contributed by atoms with Crippen molar-refractivity contribution in [1.82, 2.24) is 5.32 Å². The highest BCUT2D eigenvalue weighted by molar-refractivity contribution is 5.80. The number of hydrogen-bond acceptors (Lipinski definition) is 3. The van der Waals surface area contributed by atoms with Crippen LogP contribution in [0.3, 0.4) is 0 Å². The first kappa shape index (κ1) is 14.5. The van der Waals surface area contributed by atoms with Crippen molar-refractivity contribution in [1.29, 1.82) is 0 Å². The minimum Gasteiger partial charge on any atom is -0.378 e. The van der Waals surface area contributed by atoms with E-state index in [1.165, 1.54) is 39.2 Å². The monoisotopic (exact) mass is 243 g/mol. The summed E-state index contributed by atoms with van der Waals surface area (Å²) in [5.41, 5.74) is 0. The Balaban J connectivity index is 1.95. The molecule has 0 bridgehead atoms. The average molecular weight is 243 g/mol. The van der Waals surface area contributed by atoms with Crippen LogP contribution in [-0.4, -0.2) is 38.4 Å². The van der Waals surface area contributed by atoms with E-state index >= 15 is 0 Å². The molecule has 1 atom stereocenters. The molecule has 0 aliphatic heterocycles. The third-order valence-electron chi connectivity index (χ3n) is 3.25. The van der Waals surface area contributed by atoms with E-state index in [0.717, 1.165) is 13.0 Å². The number of ether oxygens (including phenoxy) is 2. The lowest BCUT2D eigenvalue weighted by Gasteiger charge is -2.22. The van der Waals surface area contributed by atoms with Crippen LogP contribution in [0, 0.1) is 0 Å². The number of amides is 1. The largest absolute Gasteiger partial charge is 0.378 e. The third kappa shape index (κ3) is 6.03. The lowest BCUT2D eigenvalue weighted by molar-refractivity contribution is -0.130. The van der Waals surface area contributed by atoms with E-state index in [2.05, 4.69) is 5.32 Å². The predicted octanol–water partition coefficient (Wildman–Crippen LogP) is 1.88. The van der Waals surface area contributed by atoms with Crippen LogP contribution in [0.5, 0.6) is 0 Å². The molecule has 0 heterocycles. The molecule has 1 aliphatic rings. The molecule has 17 heavy (non-hydrogen) atoms. The van der Waals surface area contributed by atoms with Crippen molar-refractivity contribution in [3.05, 3.63) is 0 Å². The van der Waals surface area contributed by atoms with Crippen molar-refractivity contribution in [3.63, 3.8) is 0 Å². The molecule has 100 valence electrons.